The maximum Gasteiger partial charge on any atom is 0.338 e. The molecule has 0 spiro atoms. The number of methoxy groups -OCH3 is 1. The summed E-state index contributed by atoms with van der Waals surface area (Å²) in [6.07, 6.45) is 1.71. The average Bonchev–Trinajstić information content (AvgIpc) is 3.57. The van der Waals surface area contributed by atoms with Crippen molar-refractivity contribution in [2.75, 3.05) is 20.5 Å². The van der Waals surface area contributed by atoms with Crippen LogP contribution < -0.4 is 29.1 Å². The summed E-state index contributed by atoms with van der Waals surface area (Å²) in [5, 5.41) is 9.99. The molecule has 9 nitrogen and oxygen atoms in total. The van der Waals surface area contributed by atoms with Crippen LogP contribution in [0, 0.1) is 0 Å². The molecule has 0 saturated heterocycles. The van der Waals surface area contributed by atoms with Crippen LogP contribution >= 0.6 is 11.3 Å². The molecule has 0 radical (unpaired) electrons. The Bertz CT molecular complexity index is 1840. The summed E-state index contributed by atoms with van der Waals surface area (Å²) >= 11 is 1.21. The number of phenols is 1. The Hall–Kier alpha value is -4.83. The highest BCUT2D eigenvalue weighted by Gasteiger charge is 2.36. The summed E-state index contributed by atoms with van der Waals surface area (Å²) in [5.74, 6) is 0.830. The van der Waals surface area contributed by atoms with Gasteiger partial charge >= 0.3 is 5.97 Å². The Morgan fingerprint density at radius 3 is 2.70 bits per heavy atom. The Labute approximate surface area is 232 Å². The smallest absolute Gasteiger partial charge is 0.338 e. The van der Waals surface area contributed by atoms with Gasteiger partial charge in [0.1, 0.15) is 0 Å². The van der Waals surface area contributed by atoms with Crippen LogP contribution in [0.3, 0.4) is 0 Å². The van der Waals surface area contributed by atoms with E-state index in [0.717, 1.165) is 5.56 Å². The molecule has 1 atom stereocenters. The van der Waals surface area contributed by atoms with Crippen molar-refractivity contribution in [3.05, 3.63) is 109 Å². The maximum absolute atomic E-state index is 14.0. The molecule has 0 bridgehead atoms. The summed E-state index contributed by atoms with van der Waals surface area (Å²) in [5.41, 5.74) is 2.38. The number of aromatic hydroxyl groups is 1. The second kappa shape index (κ2) is 10.4. The molecule has 2 aliphatic rings. The largest absolute Gasteiger partial charge is 0.504 e. The van der Waals surface area contributed by atoms with Crippen LogP contribution in [0.2, 0.25) is 0 Å². The fourth-order valence-electron chi connectivity index (χ4n) is 4.77. The summed E-state index contributed by atoms with van der Waals surface area (Å²) in [6, 6.07) is 18.7. The molecule has 1 N–H and O–H groups in total. The first-order chi connectivity index (χ1) is 19.5. The van der Waals surface area contributed by atoms with Crippen molar-refractivity contribution in [1.82, 2.24) is 4.57 Å². The highest BCUT2D eigenvalue weighted by Crippen LogP contribution is 2.40. The molecule has 40 heavy (non-hydrogen) atoms. The molecule has 10 heteroatoms. The van der Waals surface area contributed by atoms with Crippen molar-refractivity contribution in [3.63, 3.8) is 0 Å². The Balaban J connectivity index is 1.63. The molecule has 4 aromatic rings. The average molecular weight is 557 g/mol. The molecular weight excluding hydrogens is 532 g/mol. The van der Waals surface area contributed by atoms with Gasteiger partial charge in [0, 0.05) is 5.56 Å². The minimum absolute atomic E-state index is 0.00417. The predicted octanol–water partition coefficient (Wildman–Crippen LogP) is 3.38. The van der Waals surface area contributed by atoms with Crippen LogP contribution in [0.25, 0.3) is 11.8 Å². The fraction of sp³-hybridized carbons (Fsp3) is 0.167. The van der Waals surface area contributed by atoms with Gasteiger partial charge in [0.2, 0.25) is 6.79 Å². The lowest BCUT2D eigenvalue weighted by Gasteiger charge is -2.26. The normalized spacial score (nSPS) is 15.9. The van der Waals surface area contributed by atoms with Gasteiger partial charge in [-0.1, -0.05) is 53.8 Å². The van der Waals surface area contributed by atoms with E-state index in [1.54, 1.807) is 37.3 Å². The van der Waals surface area contributed by atoms with Crippen LogP contribution in [0.5, 0.6) is 23.0 Å². The van der Waals surface area contributed by atoms with E-state index >= 15 is 0 Å². The number of phenolic OH excluding ortho intramolecular Hbond substituents is 1. The quantitative estimate of drug-likeness (QED) is 0.363. The number of carbonyl (C=O) groups excluding carboxylic acids is 1. The Morgan fingerprint density at radius 1 is 1.12 bits per heavy atom. The lowest BCUT2D eigenvalue weighted by Crippen LogP contribution is -2.40. The van der Waals surface area contributed by atoms with Gasteiger partial charge in [-0.05, 0) is 48.4 Å². The lowest BCUT2D eigenvalue weighted by molar-refractivity contribution is -0.138. The van der Waals surface area contributed by atoms with Gasteiger partial charge in [-0.3, -0.25) is 9.36 Å². The first-order valence-corrected chi connectivity index (χ1v) is 13.3. The summed E-state index contributed by atoms with van der Waals surface area (Å²) in [6.45, 7) is 1.98. The highest BCUT2D eigenvalue weighted by atomic mass is 32.1. The SMILES string of the molecule is CCOC(=O)C1=C(c2ccccc2)N=c2s/c(=C\c3ccc(O)c(OC)c3)c(=O)n2[C@H]1c1ccc2c(c1)OCO2. The molecule has 0 fully saturated rings. The van der Waals surface area contributed by atoms with E-state index < -0.39 is 12.0 Å². The van der Waals surface area contributed by atoms with Crippen molar-refractivity contribution in [2.45, 2.75) is 13.0 Å². The molecule has 3 aromatic carbocycles. The van der Waals surface area contributed by atoms with E-state index in [-0.39, 0.29) is 36.0 Å². The molecule has 0 unspecified atom stereocenters. The Morgan fingerprint density at radius 2 is 1.93 bits per heavy atom. The lowest BCUT2D eigenvalue weighted by atomic mass is 9.93. The first kappa shape index (κ1) is 25.4. The number of carbonyl (C=O) groups is 1. The number of thiazole rings is 1. The fourth-order valence-corrected chi connectivity index (χ4v) is 5.78. The highest BCUT2D eigenvalue weighted by molar-refractivity contribution is 7.07. The summed E-state index contributed by atoms with van der Waals surface area (Å²) < 4.78 is 23.8. The van der Waals surface area contributed by atoms with E-state index in [1.807, 2.05) is 36.4 Å². The molecule has 202 valence electrons. The van der Waals surface area contributed by atoms with Crippen molar-refractivity contribution in [3.8, 4) is 23.0 Å². The number of esters is 1. The van der Waals surface area contributed by atoms with Gasteiger partial charge in [0.15, 0.2) is 27.8 Å². The van der Waals surface area contributed by atoms with Gasteiger partial charge < -0.3 is 24.1 Å². The van der Waals surface area contributed by atoms with Gasteiger partial charge in [0.05, 0.1) is 35.6 Å². The molecule has 1 aromatic heterocycles. The van der Waals surface area contributed by atoms with E-state index in [2.05, 4.69) is 0 Å². The second-order valence-electron chi connectivity index (χ2n) is 8.98. The van der Waals surface area contributed by atoms with Gasteiger partial charge in [-0.15, -0.1) is 0 Å². The van der Waals surface area contributed by atoms with E-state index in [1.165, 1.54) is 29.1 Å². The third kappa shape index (κ3) is 4.42. The second-order valence-corrected chi connectivity index (χ2v) is 9.98. The van der Waals surface area contributed by atoms with Crippen LogP contribution in [0.1, 0.15) is 29.7 Å². The van der Waals surface area contributed by atoms with Crippen molar-refractivity contribution < 1.29 is 28.8 Å². The molecule has 6 rings (SSSR count). The van der Waals surface area contributed by atoms with Gasteiger partial charge in [-0.2, -0.15) is 0 Å². The third-order valence-electron chi connectivity index (χ3n) is 6.59. The van der Waals surface area contributed by atoms with Crippen LogP contribution in [-0.4, -0.2) is 36.2 Å². The zero-order valence-corrected chi connectivity index (χ0v) is 22.4. The maximum atomic E-state index is 14.0. The zero-order chi connectivity index (χ0) is 27.8. The van der Waals surface area contributed by atoms with Crippen molar-refractivity contribution in [1.29, 1.82) is 0 Å². The number of benzene rings is 3. The molecule has 2 aliphatic heterocycles. The molecule has 0 aliphatic carbocycles. The van der Waals surface area contributed by atoms with E-state index in [4.69, 9.17) is 23.9 Å². The minimum Gasteiger partial charge on any atom is -0.504 e. The summed E-state index contributed by atoms with van der Waals surface area (Å²) in [7, 11) is 1.46. The number of nitrogens with zero attached hydrogens (tertiary/aromatic N) is 2. The zero-order valence-electron chi connectivity index (χ0n) is 21.6. The van der Waals surface area contributed by atoms with Crippen LogP contribution in [-0.2, 0) is 9.53 Å². The number of hydrogen-bond donors (Lipinski definition) is 1. The molecule has 0 amide bonds. The van der Waals surface area contributed by atoms with Crippen LogP contribution in [0.15, 0.2) is 82.1 Å². The molecular formula is C30H24N2O7S. The minimum atomic E-state index is -0.837. The van der Waals surface area contributed by atoms with Crippen molar-refractivity contribution >= 4 is 29.1 Å². The third-order valence-corrected chi connectivity index (χ3v) is 7.57. The standard InChI is InChI=1S/C30H24N2O7S/c1-3-37-29(35)25-26(18-7-5-4-6-8-18)31-30-32(27(25)19-10-12-21-23(15-19)39-16-38-21)28(34)24(40-30)14-17-9-11-20(33)22(13-17)36-2/h4-15,27,33H,3,16H2,1-2H3/b24-14-/t27-/m0/s1. The van der Waals surface area contributed by atoms with Gasteiger partial charge in [0.25, 0.3) is 5.56 Å². The number of fused-ring (bicyclic) bond motifs is 2. The predicted molar refractivity (Wildman–Crippen MR) is 148 cm³/mol. The van der Waals surface area contributed by atoms with Gasteiger partial charge in [-0.25, -0.2) is 9.79 Å². The van der Waals surface area contributed by atoms with E-state index in [0.29, 0.717) is 37.7 Å². The topological polar surface area (TPSA) is 109 Å². The Kier molecular flexibility index (Phi) is 6.61. The van der Waals surface area contributed by atoms with E-state index in [9.17, 15) is 14.7 Å². The van der Waals surface area contributed by atoms with Crippen LogP contribution in [0.4, 0.5) is 0 Å². The number of aromatic nitrogens is 1. The number of ether oxygens (including phenoxy) is 4. The first-order valence-electron chi connectivity index (χ1n) is 12.5. The number of rotatable bonds is 6. The number of hydrogen-bond acceptors (Lipinski definition) is 9. The van der Waals surface area contributed by atoms with Crippen molar-refractivity contribution in [2.24, 2.45) is 4.99 Å². The molecule has 0 saturated carbocycles. The monoisotopic (exact) mass is 556 g/mol. The molecule has 3 heterocycles. The summed E-state index contributed by atoms with van der Waals surface area (Å²) in [4.78, 5) is 32.8.